The Morgan fingerprint density at radius 1 is 1.12 bits per heavy atom. The summed E-state index contributed by atoms with van der Waals surface area (Å²) in [6.07, 6.45) is 0.238. The van der Waals surface area contributed by atoms with E-state index in [1.165, 1.54) is 24.0 Å². The van der Waals surface area contributed by atoms with E-state index < -0.39 is 17.8 Å². The fourth-order valence-corrected chi connectivity index (χ4v) is 4.36. The predicted octanol–water partition coefficient (Wildman–Crippen LogP) is 6.01. The quantitative estimate of drug-likeness (QED) is 0.254. The van der Waals surface area contributed by atoms with Gasteiger partial charge in [-0.3, -0.25) is 9.78 Å². The first-order valence-corrected chi connectivity index (χ1v) is 11.4. The van der Waals surface area contributed by atoms with Crippen LogP contribution in [0.4, 0.5) is 13.2 Å². The lowest BCUT2D eigenvalue weighted by Gasteiger charge is -2.08. The maximum atomic E-state index is 12.9. The van der Waals surface area contributed by atoms with Crippen LogP contribution in [-0.2, 0) is 23.1 Å². The zero-order valence-electron chi connectivity index (χ0n) is 18.4. The molecule has 34 heavy (non-hydrogen) atoms. The average molecular weight is 487 g/mol. The van der Waals surface area contributed by atoms with Gasteiger partial charge in [-0.25, -0.2) is 9.97 Å². The van der Waals surface area contributed by atoms with Gasteiger partial charge in [-0.05, 0) is 31.0 Å². The zero-order valence-corrected chi connectivity index (χ0v) is 19.2. The number of pyridine rings is 1. The molecule has 0 aliphatic heterocycles. The molecule has 0 aliphatic rings. The third-order valence-electron chi connectivity index (χ3n) is 5.18. The highest BCUT2D eigenvalue weighted by atomic mass is 32.2. The van der Waals surface area contributed by atoms with Gasteiger partial charge in [0.05, 0.1) is 18.1 Å². The van der Waals surface area contributed by atoms with Crippen LogP contribution >= 0.6 is 11.8 Å². The second-order valence-electron chi connectivity index (χ2n) is 8.04. The number of carbonyl (C=O) groups is 1. The Kier molecular flexibility index (Phi) is 6.60. The number of rotatable bonds is 7. The van der Waals surface area contributed by atoms with Crippen molar-refractivity contribution in [1.29, 1.82) is 0 Å². The molecule has 0 spiro atoms. The van der Waals surface area contributed by atoms with Crippen molar-refractivity contribution in [3.8, 4) is 11.1 Å². The molecule has 0 radical (unpaired) electrons. The number of fused-ring (bicyclic) bond motifs is 1. The summed E-state index contributed by atoms with van der Waals surface area (Å²) in [5, 5.41) is 9.51. The van der Waals surface area contributed by atoms with Gasteiger partial charge in [0.1, 0.15) is 11.2 Å². The molecular weight excluding hydrogens is 465 g/mol. The third-order valence-corrected chi connectivity index (χ3v) is 6.12. The van der Waals surface area contributed by atoms with Gasteiger partial charge in [0, 0.05) is 35.3 Å². The highest BCUT2D eigenvalue weighted by Crippen LogP contribution is 2.34. The van der Waals surface area contributed by atoms with Crippen molar-refractivity contribution in [3.63, 3.8) is 0 Å². The van der Waals surface area contributed by atoms with Crippen LogP contribution in [0.5, 0.6) is 0 Å². The number of nitrogens with zero attached hydrogens (tertiary/aromatic N) is 4. The molecule has 1 N–H and O–H groups in total. The Bertz CT molecular complexity index is 1330. The van der Waals surface area contributed by atoms with Crippen LogP contribution in [0, 0.1) is 0 Å². The first-order valence-electron chi connectivity index (χ1n) is 10.5. The number of alkyl halides is 3. The molecule has 0 fully saturated rings. The minimum Gasteiger partial charge on any atom is -0.481 e. The second-order valence-corrected chi connectivity index (χ2v) is 8.98. The summed E-state index contributed by atoms with van der Waals surface area (Å²) in [6.45, 7) is 4.00. The van der Waals surface area contributed by atoms with Crippen LogP contribution in [-0.4, -0.2) is 30.6 Å². The van der Waals surface area contributed by atoms with Crippen LogP contribution < -0.4 is 0 Å². The first-order chi connectivity index (χ1) is 16.1. The fourth-order valence-electron chi connectivity index (χ4n) is 3.60. The van der Waals surface area contributed by atoms with E-state index in [1.54, 1.807) is 12.3 Å². The summed E-state index contributed by atoms with van der Waals surface area (Å²) in [5.74, 6) is -0.348. The van der Waals surface area contributed by atoms with Crippen LogP contribution in [0.3, 0.4) is 0 Å². The third kappa shape index (κ3) is 5.22. The van der Waals surface area contributed by atoms with Gasteiger partial charge in [0.25, 0.3) is 0 Å². The number of aromatic nitrogens is 4. The zero-order chi connectivity index (χ0) is 24.5. The number of benzene rings is 1. The normalized spacial score (nSPS) is 11.9. The topological polar surface area (TPSA) is 80.9 Å². The van der Waals surface area contributed by atoms with E-state index in [0.29, 0.717) is 33.1 Å². The Balaban J connectivity index is 1.65. The van der Waals surface area contributed by atoms with Crippen molar-refractivity contribution >= 4 is 28.8 Å². The second kappa shape index (κ2) is 9.46. The molecule has 4 aromatic rings. The summed E-state index contributed by atoms with van der Waals surface area (Å²) in [4.78, 5) is 23.7. The predicted molar refractivity (Wildman–Crippen MR) is 123 cm³/mol. The first kappa shape index (κ1) is 23.7. The highest BCUT2D eigenvalue weighted by Gasteiger charge is 2.32. The summed E-state index contributed by atoms with van der Waals surface area (Å²) in [5.41, 5.74) is 3.34. The molecule has 3 heterocycles. The van der Waals surface area contributed by atoms with E-state index in [1.807, 2.05) is 42.8 Å². The van der Waals surface area contributed by atoms with Crippen LogP contribution in [0.1, 0.15) is 36.7 Å². The van der Waals surface area contributed by atoms with Crippen LogP contribution in [0.25, 0.3) is 22.2 Å². The smallest absolute Gasteiger partial charge is 0.433 e. The minimum atomic E-state index is -4.50. The maximum Gasteiger partial charge on any atom is 0.433 e. The van der Waals surface area contributed by atoms with Gasteiger partial charge >= 0.3 is 12.1 Å². The Morgan fingerprint density at radius 2 is 1.88 bits per heavy atom. The van der Waals surface area contributed by atoms with Crippen molar-refractivity contribution < 1.29 is 23.1 Å². The van der Waals surface area contributed by atoms with Gasteiger partial charge in [-0.15, -0.1) is 0 Å². The van der Waals surface area contributed by atoms with Gasteiger partial charge < -0.3 is 9.67 Å². The molecule has 6 nitrogen and oxygen atoms in total. The number of aliphatic carboxylic acids is 1. The molecule has 0 bridgehead atoms. The number of thioether (sulfide) groups is 1. The van der Waals surface area contributed by atoms with Gasteiger partial charge in [-0.1, -0.05) is 42.1 Å². The van der Waals surface area contributed by atoms with Gasteiger partial charge in [-0.2, -0.15) is 13.2 Å². The molecule has 0 saturated carbocycles. The molecule has 0 aliphatic carbocycles. The van der Waals surface area contributed by atoms with E-state index in [-0.39, 0.29) is 12.5 Å². The van der Waals surface area contributed by atoms with Crippen molar-refractivity contribution in [3.05, 3.63) is 71.8 Å². The molecule has 0 unspecified atom stereocenters. The Labute approximate surface area is 197 Å². The summed E-state index contributed by atoms with van der Waals surface area (Å²) < 4.78 is 40.8. The van der Waals surface area contributed by atoms with Crippen molar-refractivity contribution in [1.82, 2.24) is 19.5 Å². The fraction of sp³-hybridized carbons (Fsp3) is 0.250. The molecule has 3 aromatic heterocycles. The minimum absolute atomic E-state index is 0.0474. The average Bonchev–Trinajstić information content (AvgIpc) is 3.16. The Hall–Kier alpha value is -3.40. The van der Waals surface area contributed by atoms with E-state index >= 15 is 0 Å². The molecule has 0 saturated heterocycles. The van der Waals surface area contributed by atoms with Crippen molar-refractivity contribution in [2.24, 2.45) is 0 Å². The lowest BCUT2D eigenvalue weighted by molar-refractivity contribution is -0.141. The van der Waals surface area contributed by atoms with Crippen LogP contribution in [0.2, 0.25) is 0 Å². The lowest BCUT2D eigenvalue weighted by Crippen LogP contribution is -2.07. The molecule has 1 aromatic carbocycles. The van der Waals surface area contributed by atoms with Gasteiger partial charge in [0.15, 0.2) is 5.16 Å². The maximum absolute atomic E-state index is 12.9. The molecule has 176 valence electrons. The Morgan fingerprint density at radius 3 is 2.53 bits per heavy atom. The van der Waals surface area contributed by atoms with Gasteiger partial charge in [0.2, 0.25) is 0 Å². The van der Waals surface area contributed by atoms with E-state index in [9.17, 15) is 18.0 Å². The lowest BCUT2D eigenvalue weighted by atomic mass is 10.1. The SMILES string of the molecule is CC(C)n1cc(-c2ccc(C(F)(F)F)nc2)c2nc(SCc3cccc(CC(=O)O)c3)ncc21. The summed E-state index contributed by atoms with van der Waals surface area (Å²) >= 11 is 1.40. The molecule has 10 heteroatoms. The molecule has 0 amide bonds. The van der Waals surface area contributed by atoms with Crippen LogP contribution in [0.15, 0.2) is 60.1 Å². The van der Waals surface area contributed by atoms with Crippen molar-refractivity contribution in [2.45, 2.75) is 43.4 Å². The summed E-state index contributed by atoms with van der Waals surface area (Å²) in [6, 6.07) is 9.80. The number of hydrogen-bond acceptors (Lipinski definition) is 5. The number of hydrogen-bond donors (Lipinski definition) is 1. The largest absolute Gasteiger partial charge is 0.481 e. The molecule has 0 atom stereocenters. The number of carboxylic acid groups (broad SMARTS) is 1. The standard InChI is InChI=1S/C24H21F3N4O2S/c1-14(2)31-12-18(17-6-7-20(28-10-17)24(25,26)27)22-19(31)11-29-23(30-22)34-13-16-5-3-4-15(8-16)9-21(32)33/h3-8,10-12,14H,9,13H2,1-2H3,(H,32,33). The van der Waals surface area contributed by atoms with E-state index in [0.717, 1.165) is 17.1 Å². The molecular formula is C24H21F3N4O2S. The monoisotopic (exact) mass is 486 g/mol. The van der Waals surface area contributed by atoms with E-state index in [2.05, 4.69) is 9.97 Å². The highest BCUT2D eigenvalue weighted by molar-refractivity contribution is 7.98. The van der Waals surface area contributed by atoms with E-state index in [4.69, 9.17) is 10.1 Å². The van der Waals surface area contributed by atoms with Crippen molar-refractivity contribution in [2.75, 3.05) is 0 Å². The molecule has 4 rings (SSSR count). The number of halogens is 3. The number of carboxylic acids is 1. The summed E-state index contributed by atoms with van der Waals surface area (Å²) in [7, 11) is 0.